The van der Waals surface area contributed by atoms with Crippen LogP contribution in [0.15, 0.2) is 48.5 Å². The Morgan fingerprint density at radius 2 is 1.79 bits per heavy atom. The minimum atomic E-state index is -1.66. The Hall–Kier alpha value is -2.83. The van der Waals surface area contributed by atoms with E-state index in [0.717, 1.165) is 5.56 Å². The van der Waals surface area contributed by atoms with Gasteiger partial charge in [0.25, 0.3) is 0 Å². The van der Waals surface area contributed by atoms with Crippen LogP contribution < -0.4 is 14.8 Å². The zero-order valence-corrected chi connectivity index (χ0v) is 13.4. The van der Waals surface area contributed by atoms with Crippen molar-refractivity contribution in [2.45, 2.75) is 6.29 Å². The minimum Gasteiger partial charge on any atom is -0.493 e. The summed E-state index contributed by atoms with van der Waals surface area (Å²) in [5.41, 5.74) is 1.33. The molecule has 0 saturated carbocycles. The highest BCUT2D eigenvalue weighted by atomic mass is 16.5. The maximum Gasteiger partial charge on any atom is 0.248 e. The van der Waals surface area contributed by atoms with E-state index in [9.17, 15) is 15.0 Å². The van der Waals surface area contributed by atoms with Crippen molar-refractivity contribution in [1.82, 2.24) is 0 Å². The highest BCUT2D eigenvalue weighted by Gasteiger charge is 2.10. The van der Waals surface area contributed by atoms with E-state index in [4.69, 9.17) is 9.47 Å². The summed E-state index contributed by atoms with van der Waals surface area (Å²) >= 11 is 0. The number of carbonyl (C=O) groups is 1. The molecule has 0 aliphatic heterocycles. The number of hydrogen-bond donors (Lipinski definition) is 3. The van der Waals surface area contributed by atoms with E-state index in [0.29, 0.717) is 17.2 Å². The Labute approximate surface area is 140 Å². The molecule has 6 heteroatoms. The first kappa shape index (κ1) is 17.5. The lowest BCUT2D eigenvalue weighted by molar-refractivity contribution is -0.111. The number of carbonyl (C=O) groups excluding carboxylic acids is 1. The third-order valence-electron chi connectivity index (χ3n) is 3.33. The molecule has 0 aliphatic rings. The Kier molecular flexibility index (Phi) is 5.95. The third kappa shape index (κ3) is 4.34. The number of nitrogens with one attached hydrogen (secondary N) is 1. The summed E-state index contributed by atoms with van der Waals surface area (Å²) in [7, 11) is 3.09. The molecule has 6 nitrogen and oxygen atoms in total. The molecule has 0 saturated heterocycles. The molecule has 0 spiro atoms. The molecule has 126 valence electrons. The molecule has 0 atom stereocenters. The van der Waals surface area contributed by atoms with E-state index in [1.165, 1.54) is 19.3 Å². The van der Waals surface area contributed by atoms with Crippen molar-refractivity contribution < 1.29 is 24.5 Å². The second kappa shape index (κ2) is 8.14. The predicted molar refractivity (Wildman–Crippen MR) is 90.8 cm³/mol. The largest absolute Gasteiger partial charge is 0.493 e. The Bertz CT molecular complexity index is 740. The number of methoxy groups -OCH3 is 2. The van der Waals surface area contributed by atoms with E-state index < -0.39 is 12.2 Å². The molecule has 2 rings (SSSR count). The summed E-state index contributed by atoms with van der Waals surface area (Å²) in [4.78, 5) is 12.0. The van der Waals surface area contributed by atoms with Crippen molar-refractivity contribution in [1.29, 1.82) is 0 Å². The van der Waals surface area contributed by atoms with Crippen LogP contribution in [0, 0.1) is 0 Å². The Balaban J connectivity index is 2.11. The SMILES string of the molecule is COc1ccc(/C=C/C(=O)Nc2ccccc2C(O)O)cc1OC. The zero-order chi connectivity index (χ0) is 17.5. The van der Waals surface area contributed by atoms with Crippen molar-refractivity contribution in [3.63, 3.8) is 0 Å². The molecule has 0 unspecified atom stereocenters. The number of para-hydroxylation sites is 1. The zero-order valence-electron chi connectivity index (χ0n) is 13.4. The first-order chi connectivity index (χ1) is 11.5. The van der Waals surface area contributed by atoms with Gasteiger partial charge >= 0.3 is 0 Å². The van der Waals surface area contributed by atoms with Gasteiger partial charge in [-0.1, -0.05) is 24.3 Å². The van der Waals surface area contributed by atoms with Crippen LogP contribution in [0.4, 0.5) is 5.69 Å². The summed E-state index contributed by atoms with van der Waals surface area (Å²) in [5, 5.41) is 21.2. The predicted octanol–water partition coefficient (Wildman–Crippen LogP) is 2.34. The van der Waals surface area contributed by atoms with Gasteiger partial charge in [0, 0.05) is 17.3 Å². The van der Waals surface area contributed by atoms with Gasteiger partial charge in [-0.25, -0.2) is 0 Å². The van der Waals surface area contributed by atoms with E-state index in [1.54, 1.807) is 49.6 Å². The summed E-state index contributed by atoms with van der Waals surface area (Å²) in [6.45, 7) is 0. The third-order valence-corrected chi connectivity index (χ3v) is 3.33. The number of rotatable bonds is 6. The average molecular weight is 329 g/mol. The molecular formula is C18H19NO5. The van der Waals surface area contributed by atoms with Crippen molar-refractivity contribution in [3.05, 3.63) is 59.7 Å². The molecule has 0 aromatic heterocycles. The van der Waals surface area contributed by atoms with E-state index in [2.05, 4.69) is 5.32 Å². The number of hydrogen-bond acceptors (Lipinski definition) is 5. The molecule has 0 radical (unpaired) electrons. The lowest BCUT2D eigenvalue weighted by Gasteiger charge is -2.11. The minimum absolute atomic E-state index is 0.227. The Morgan fingerprint density at radius 1 is 1.08 bits per heavy atom. The quantitative estimate of drug-likeness (QED) is 0.559. The van der Waals surface area contributed by atoms with Crippen molar-refractivity contribution in [2.75, 3.05) is 19.5 Å². The Morgan fingerprint density at radius 3 is 2.46 bits per heavy atom. The molecule has 0 heterocycles. The topological polar surface area (TPSA) is 88.0 Å². The van der Waals surface area contributed by atoms with Crippen LogP contribution in [0.5, 0.6) is 11.5 Å². The molecule has 3 N–H and O–H groups in total. The molecule has 0 aliphatic carbocycles. The van der Waals surface area contributed by atoms with E-state index >= 15 is 0 Å². The van der Waals surface area contributed by atoms with Gasteiger partial charge in [-0.15, -0.1) is 0 Å². The highest BCUT2D eigenvalue weighted by molar-refractivity contribution is 6.02. The van der Waals surface area contributed by atoms with Gasteiger partial charge in [-0.2, -0.15) is 0 Å². The van der Waals surface area contributed by atoms with Crippen molar-refractivity contribution >= 4 is 17.7 Å². The molecule has 1 amide bonds. The molecule has 0 fully saturated rings. The molecular weight excluding hydrogens is 310 g/mol. The fourth-order valence-electron chi connectivity index (χ4n) is 2.14. The second-order valence-electron chi connectivity index (χ2n) is 4.90. The summed E-state index contributed by atoms with van der Waals surface area (Å²) < 4.78 is 10.4. The average Bonchev–Trinajstić information content (AvgIpc) is 2.59. The van der Waals surface area contributed by atoms with Gasteiger partial charge in [0.1, 0.15) is 0 Å². The molecule has 2 aromatic rings. The first-order valence-corrected chi connectivity index (χ1v) is 7.21. The highest BCUT2D eigenvalue weighted by Crippen LogP contribution is 2.28. The number of ether oxygens (including phenoxy) is 2. The molecule has 0 bridgehead atoms. The molecule has 24 heavy (non-hydrogen) atoms. The van der Waals surface area contributed by atoms with Gasteiger partial charge < -0.3 is 25.0 Å². The van der Waals surface area contributed by atoms with E-state index in [1.807, 2.05) is 0 Å². The van der Waals surface area contributed by atoms with Crippen LogP contribution in [0.3, 0.4) is 0 Å². The van der Waals surface area contributed by atoms with Crippen LogP contribution >= 0.6 is 0 Å². The summed E-state index contributed by atoms with van der Waals surface area (Å²) in [6, 6.07) is 11.7. The van der Waals surface area contributed by atoms with Gasteiger partial charge in [0.2, 0.25) is 5.91 Å². The molecule has 2 aromatic carbocycles. The smallest absolute Gasteiger partial charge is 0.248 e. The van der Waals surface area contributed by atoms with Gasteiger partial charge in [0.15, 0.2) is 17.8 Å². The van der Waals surface area contributed by atoms with Crippen LogP contribution in [0.1, 0.15) is 17.4 Å². The summed E-state index contributed by atoms with van der Waals surface area (Å²) in [5.74, 6) is 0.775. The lowest BCUT2D eigenvalue weighted by atomic mass is 10.1. The monoisotopic (exact) mass is 329 g/mol. The van der Waals surface area contributed by atoms with Crippen LogP contribution in [-0.2, 0) is 4.79 Å². The fraction of sp³-hybridized carbons (Fsp3) is 0.167. The van der Waals surface area contributed by atoms with E-state index in [-0.39, 0.29) is 5.56 Å². The number of benzene rings is 2. The maximum atomic E-state index is 12.0. The number of amides is 1. The van der Waals surface area contributed by atoms with Crippen molar-refractivity contribution in [2.24, 2.45) is 0 Å². The van der Waals surface area contributed by atoms with Crippen LogP contribution in [0.25, 0.3) is 6.08 Å². The first-order valence-electron chi connectivity index (χ1n) is 7.21. The van der Waals surface area contributed by atoms with Crippen molar-refractivity contribution in [3.8, 4) is 11.5 Å². The number of aliphatic hydroxyl groups excluding tert-OH is 1. The number of aliphatic hydroxyl groups is 2. The van der Waals surface area contributed by atoms with Gasteiger partial charge in [0.05, 0.1) is 14.2 Å². The lowest BCUT2D eigenvalue weighted by Crippen LogP contribution is -2.11. The summed E-state index contributed by atoms with van der Waals surface area (Å²) in [6.07, 6.45) is 1.31. The number of anilines is 1. The van der Waals surface area contributed by atoms with Crippen LogP contribution in [0.2, 0.25) is 0 Å². The maximum absolute atomic E-state index is 12.0. The normalized spacial score (nSPS) is 10.9. The van der Waals surface area contributed by atoms with Gasteiger partial charge in [-0.3, -0.25) is 4.79 Å². The van der Waals surface area contributed by atoms with Gasteiger partial charge in [-0.05, 0) is 29.8 Å². The standard InChI is InChI=1S/C18H19NO5/c1-23-15-9-7-12(11-16(15)24-2)8-10-17(20)19-14-6-4-3-5-13(14)18(21)22/h3-11,18,21-22H,1-2H3,(H,19,20)/b10-8+. The van der Waals surface area contributed by atoms with Crippen LogP contribution in [-0.4, -0.2) is 30.3 Å². The second-order valence-corrected chi connectivity index (χ2v) is 4.90. The fourth-order valence-corrected chi connectivity index (χ4v) is 2.14.